The maximum Gasteiger partial charge on any atom is 0.335 e. The summed E-state index contributed by atoms with van der Waals surface area (Å²) in [6.45, 7) is 8.80. The molecule has 6 heteroatoms. The first-order valence-electron chi connectivity index (χ1n) is 11.8. The van der Waals surface area contributed by atoms with E-state index in [-0.39, 0.29) is 6.42 Å². The largest absolute Gasteiger partial charge is 0.478 e. The summed E-state index contributed by atoms with van der Waals surface area (Å²) in [4.78, 5) is 15.8. The molecule has 0 unspecified atom stereocenters. The number of piperazine rings is 1. The van der Waals surface area contributed by atoms with Gasteiger partial charge in [0.2, 0.25) is 6.43 Å². The van der Waals surface area contributed by atoms with E-state index >= 15 is 0 Å². The minimum atomic E-state index is -2.27. The molecule has 0 atom stereocenters. The van der Waals surface area contributed by atoms with Gasteiger partial charge < -0.3 is 10.0 Å². The van der Waals surface area contributed by atoms with Gasteiger partial charge in [-0.2, -0.15) is 0 Å². The highest BCUT2D eigenvalue weighted by atomic mass is 19.3. The third kappa shape index (κ3) is 5.22. The van der Waals surface area contributed by atoms with Gasteiger partial charge in [0.05, 0.1) is 5.56 Å². The molecule has 1 saturated heterocycles. The predicted octanol–water partition coefficient (Wildman–Crippen LogP) is 5.76. The van der Waals surface area contributed by atoms with Crippen LogP contribution in [0.4, 0.5) is 14.5 Å². The van der Waals surface area contributed by atoms with Crippen molar-refractivity contribution in [3.63, 3.8) is 0 Å². The zero-order valence-electron chi connectivity index (χ0n) is 18.8. The molecule has 1 aromatic carbocycles. The van der Waals surface area contributed by atoms with E-state index in [2.05, 4.69) is 16.4 Å². The highest BCUT2D eigenvalue weighted by molar-refractivity contribution is 5.88. The highest BCUT2D eigenvalue weighted by Crippen LogP contribution is 2.54. The zero-order chi connectivity index (χ0) is 22.7. The standard InChI is InChI=1S/C26H34F2N2O2/c1-19(3-8-24(27)28)23-17-26(10-2-11-26)12-9-21(23)18-29-13-15-30(16-14-29)22-6-4-20(5-7-22)25(31)32/h4-7,24H,1-3,8-18H2,(H,31,32). The molecule has 1 heterocycles. The number of nitrogens with zero attached hydrogens (tertiary/aromatic N) is 2. The maximum absolute atomic E-state index is 12.8. The van der Waals surface area contributed by atoms with Crippen molar-refractivity contribution in [2.45, 2.75) is 57.8 Å². The zero-order valence-corrected chi connectivity index (χ0v) is 18.8. The van der Waals surface area contributed by atoms with Crippen LogP contribution in [0.25, 0.3) is 0 Å². The molecule has 2 fully saturated rings. The second-order valence-electron chi connectivity index (χ2n) is 9.76. The summed E-state index contributed by atoms with van der Waals surface area (Å²) >= 11 is 0. The quantitative estimate of drug-likeness (QED) is 0.554. The number of allylic oxidation sites excluding steroid dienone is 2. The minimum absolute atomic E-state index is 0.0953. The van der Waals surface area contributed by atoms with Crippen molar-refractivity contribution in [2.24, 2.45) is 5.41 Å². The lowest BCUT2D eigenvalue weighted by atomic mass is 9.59. The fraction of sp³-hybridized carbons (Fsp3) is 0.577. The molecule has 0 amide bonds. The van der Waals surface area contributed by atoms with Crippen LogP contribution in [-0.4, -0.2) is 55.1 Å². The van der Waals surface area contributed by atoms with E-state index in [0.717, 1.165) is 56.8 Å². The number of halogens is 2. The van der Waals surface area contributed by atoms with Gasteiger partial charge in [0.1, 0.15) is 0 Å². The maximum atomic E-state index is 12.8. The highest BCUT2D eigenvalue weighted by Gasteiger charge is 2.41. The van der Waals surface area contributed by atoms with Crippen molar-refractivity contribution in [3.8, 4) is 0 Å². The molecule has 4 rings (SSSR count). The molecule has 3 aliphatic rings. The first kappa shape index (κ1) is 23.0. The number of carboxylic acid groups (broad SMARTS) is 1. The van der Waals surface area contributed by atoms with Gasteiger partial charge >= 0.3 is 5.97 Å². The molecule has 4 nitrogen and oxygen atoms in total. The molecule has 32 heavy (non-hydrogen) atoms. The van der Waals surface area contributed by atoms with Crippen LogP contribution in [0.1, 0.15) is 61.7 Å². The fourth-order valence-corrected chi connectivity index (χ4v) is 5.49. The van der Waals surface area contributed by atoms with Crippen LogP contribution in [0.15, 0.2) is 47.6 Å². The number of benzene rings is 1. The number of hydrogen-bond donors (Lipinski definition) is 1. The molecule has 0 bridgehead atoms. The van der Waals surface area contributed by atoms with E-state index in [4.69, 9.17) is 5.11 Å². The third-order valence-corrected chi connectivity index (χ3v) is 7.71. The van der Waals surface area contributed by atoms with Crippen LogP contribution < -0.4 is 4.90 Å². The van der Waals surface area contributed by atoms with E-state index in [9.17, 15) is 13.6 Å². The number of carboxylic acids is 1. The monoisotopic (exact) mass is 444 g/mol. The van der Waals surface area contributed by atoms with E-state index < -0.39 is 12.4 Å². The molecule has 1 aliphatic heterocycles. The Hall–Kier alpha value is -2.21. The molecule has 1 N–H and O–H groups in total. The van der Waals surface area contributed by atoms with Gasteiger partial charge in [0.25, 0.3) is 0 Å². The molecule has 1 saturated carbocycles. The van der Waals surface area contributed by atoms with E-state index in [1.54, 1.807) is 12.1 Å². The Morgan fingerprint density at radius 1 is 1.09 bits per heavy atom. The van der Waals surface area contributed by atoms with Gasteiger partial charge in [-0.15, -0.1) is 0 Å². The normalized spacial score (nSPS) is 21.2. The molecule has 174 valence electrons. The Morgan fingerprint density at radius 2 is 1.78 bits per heavy atom. The van der Waals surface area contributed by atoms with Crippen LogP contribution >= 0.6 is 0 Å². The molecule has 1 aromatic rings. The van der Waals surface area contributed by atoms with Gasteiger partial charge in [-0.1, -0.05) is 24.1 Å². The van der Waals surface area contributed by atoms with Crippen molar-refractivity contribution < 1.29 is 18.7 Å². The first-order valence-corrected chi connectivity index (χ1v) is 11.8. The summed E-state index contributed by atoms with van der Waals surface area (Å²) < 4.78 is 25.6. The summed E-state index contributed by atoms with van der Waals surface area (Å²) in [6, 6.07) is 7.08. The summed E-state index contributed by atoms with van der Waals surface area (Å²) in [7, 11) is 0. The lowest BCUT2D eigenvalue weighted by Crippen LogP contribution is -2.47. The SMILES string of the molecule is C=C(CCC(F)F)C1=C(CN2CCN(c3ccc(C(=O)O)cc3)CC2)CCC2(CCC2)C1. The van der Waals surface area contributed by atoms with Crippen molar-refractivity contribution in [1.82, 2.24) is 4.90 Å². The Morgan fingerprint density at radius 3 is 2.34 bits per heavy atom. The van der Waals surface area contributed by atoms with Crippen molar-refractivity contribution in [1.29, 1.82) is 0 Å². The van der Waals surface area contributed by atoms with Crippen LogP contribution in [0.3, 0.4) is 0 Å². The Balaban J connectivity index is 1.38. The summed E-state index contributed by atoms with van der Waals surface area (Å²) in [6.07, 6.45) is 5.19. The molecule has 1 spiro atoms. The van der Waals surface area contributed by atoms with Crippen LogP contribution in [0.2, 0.25) is 0 Å². The second kappa shape index (κ2) is 9.74. The Bertz CT molecular complexity index is 866. The number of aromatic carboxylic acids is 1. The average molecular weight is 445 g/mol. The van der Waals surface area contributed by atoms with Gasteiger partial charge in [0, 0.05) is 44.8 Å². The Kier molecular flexibility index (Phi) is 6.99. The van der Waals surface area contributed by atoms with Gasteiger partial charge in [-0.3, -0.25) is 4.90 Å². The third-order valence-electron chi connectivity index (χ3n) is 7.71. The molecular formula is C26H34F2N2O2. The number of anilines is 1. The number of rotatable bonds is 8. The van der Waals surface area contributed by atoms with Crippen molar-refractivity contribution in [3.05, 3.63) is 53.1 Å². The predicted molar refractivity (Wildman–Crippen MR) is 124 cm³/mol. The summed E-state index contributed by atoms with van der Waals surface area (Å²) in [5, 5.41) is 9.08. The smallest absolute Gasteiger partial charge is 0.335 e. The van der Waals surface area contributed by atoms with Gasteiger partial charge in [0.15, 0.2) is 0 Å². The van der Waals surface area contributed by atoms with E-state index in [1.807, 2.05) is 12.1 Å². The molecule has 2 aliphatic carbocycles. The Labute approximate surface area is 189 Å². The van der Waals surface area contributed by atoms with Crippen LogP contribution in [0, 0.1) is 5.41 Å². The van der Waals surface area contributed by atoms with Gasteiger partial charge in [-0.05, 0) is 73.8 Å². The number of alkyl halides is 2. The van der Waals surface area contributed by atoms with E-state index in [1.165, 1.54) is 36.8 Å². The molecular weight excluding hydrogens is 410 g/mol. The van der Waals surface area contributed by atoms with Crippen molar-refractivity contribution >= 4 is 11.7 Å². The van der Waals surface area contributed by atoms with Gasteiger partial charge in [-0.25, -0.2) is 13.6 Å². The number of hydrogen-bond acceptors (Lipinski definition) is 3. The van der Waals surface area contributed by atoms with E-state index in [0.29, 0.717) is 17.4 Å². The second-order valence-corrected chi connectivity index (χ2v) is 9.76. The lowest BCUT2D eigenvalue weighted by molar-refractivity contribution is 0.0697. The lowest BCUT2D eigenvalue weighted by Gasteiger charge is -2.47. The number of carbonyl (C=O) groups is 1. The van der Waals surface area contributed by atoms with Crippen LogP contribution in [0.5, 0.6) is 0 Å². The fourth-order valence-electron chi connectivity index (χ4n) is 5.49. The summed E-state index contributed by atoms with van der Waals surface area (Å²) in [5.41, 5.74) is 5.42. The van der Waals surface area contributed by atoms with Crippen LogP contribution in [-0.2, 0) is 0 Å². The molecule has 0 aromatic heterocycles. The minimum Gasteiger partial charge on any atom is -0.478 e. The molecule has 0 radical (unpaired) electrons. The average Bonchev–Trinajstić information content (AvgIpc) is 2.77. The summed E-state index contributed by atoms with van der Waals surface area (Å²) in [5.74, 6) is -0.906. The topological polar surface area (TPSA) is 43.8 Å². The van der Waals surface area contributed by atoms with Crippen molar-refractivity contribution in [2.75, 3.05) is 37.6 Å². The first-order chi connectivity index (χ1) is 15.3.